The summed E-state index contributed by atoms with van der Waals surface area (Å²) in [5, 5.41) is 3.77. The molecule has 0 atom stereocenters. The van der Waals surface area contributed by atoms with Crippen LogP contribution in [0.15, 0.2) is 24.3 Å². The maximum Gasteiger partial charge on any atom is 0.229 e. The van der Waals surface area contributed by atoms with Crippen LogP contribution in [0.5, 0.6) is 0 Å². The minimum atomic E-state index is 0.146. The average Bonchev–Trinajstić information content (AvgIpc) is 3.31. The van der Waals surface area contributed by atoms with Gasteiger partial charge in [-0.25, -0.2) is 4.98 Å². The third-order valence-corrected chi connectivity index (χ3v) is 5.64. The molecule has 1 amide bonds. The summed E-state index contributed by atoms with van der Waals surface area (Å²) in [4.78, 5) is 20.3. The first-order chi connectivity index (χ1) is 11.2. The Balaban J connectivity index is 1.43. The number of fused-ring (bicyclic) bond motifs is 1. The van der Waals surface area contributed by atoms with Gasteiger partial charge in [0.25, 0.3) is 0 Å². The van der Waals surface area contributed by atoms with Gasteiger partial charge in [-0.05, 0) is 30.9 Å². The van der Waals surface area contributed by atoms with Gasteiger partial charge in [-0.3, -0.25) is 9.69 Å². The van der Waals surface area contributed by atoms with Crippen LogP contribution in [0.3, 0.4) is 0 Å². The summed E-state index contributed by atoms with van der Waals surface area (Å²) in [6.07, 6.45) is 3.03. The summed E-state index contributed by atoms with van der Waals surface area (Å²) in [5.74, 6) is 0.376. The zero-order valence-electron chi connectivity index (χ0n) is 13.3. The molecule has 4 rings (SSSR count). The smallest absolute Gasteiger partial charge is 0.229 e. The number of benzene rings is 1. The number of aromatic nitrogens is 1. The number of hydrogen-bond acceptors (Lipinski definition) is 4. The van der Waals surface area contributed by atoms with Gasteiger partial charge in [0.05, 0.1) is 5.69 Å². The van der Waals surface area contributed by atoms with E-state index >= 15 is 0 Å². The van der Waals surface area contributed by atoms with E-state index in [-0.39, 0.29) is 11.8 Å². The Kier molecular flexibility index (Phi) is 3.91. The van der Waals surface area contributed by atoms with E-state index in [9.17, 15) is 4.79 Å². The topological polar surface area (TPSA) is 45.2 Å². The molecule has 1 N–H and O–H groups in total. The van der Waals surface area contributed by atoms with E-state index in [0.717, 1.165) is 44.0 Å². The van der Waals surface area contributed by atoms with Crippen molar-refractivity contribution in [3.05, 3.63) is 46.0 Å². The summed E-state index contributed by atoms with van der Waals surface area (Å²) in [5.41, 5.74) is 3.91. The molecule has 23 heavy (non-hydrogen) atoms. The van der Waals surface area contributed by atoms with Crippen LogP contribution in [0.4, 0.5) is 5.13 Å². The van der Waals surface area contributed by atoms with Gasteiger partial charge < -0.3 is 5.32 Å². The van der Waals surface area contributed by atoms with Crippen LogP contribution in [0.25, 0.3) is 0 Å². The third-order valence-electron chi connectivity index (χ3n) is 4.64. The summed E-state index contributed by atoms with van der Waals surface area (Å²) >= 11 is 1.64. The highest BCUT2D eigenvalue weighted by atomic mass is 32.1. The highest BCUT2D eigenvalue weighted by Gasteiger charge is 2.30. The third kappa shape index (κ3) is 3.31. The van der Waals surface area contributed by atoms with Gasteiger partial charge in [0.2, 0.25) is 5.91 Å². The molecular formula is C18H21N3OS. The monoisotopic (exact) mass is 327 g/mol. The van der Waals surface area contributed by atoms with Crippen molar-refractivity contribution in [3.8, 4) is 0 Å². The van der Waals surface area contributed by atoms with Gasteiger partial charge in [0.1, 0.15) is 0 Å². The number of rotatable bonds is 4. The number of nitrogens with one attached hydrogen (secondary N) is 1. The molecule has 0 unspecified atom stereocenters. The largest absolute Gasteiger partial charge is 0.302 e. The number of hydrogen-bond donors (Lipinski definition) is 1. The van der Waals surface area contributed by atoms with Gasteiger partial charge in [0.15, 0.2) is 5.13 Å². The molecule has 5 heteroatoms. The number of aryl methyl sites for hydroxylation is 1. The Hall–Kier alpha value is -1.72. The lowest BCUT2D eigenvalue weighted by atomic mass is 10.1. The fraction of sp³-hybridized carbons (Fsp3) is 0.444. The molecule has 1 aromatic heterocycles. The first-order valence-electron chi connectivity index (χ1n) is 8.25. The molecule has 0 radical (unpaired) electrons. The van der Waals surface area contributed by atoms with Crippen LogP contribution in [-0.4, -0.2) is 22.3 Å². The molecule has 2 heterocycles. The molecule has 1 aromatic carbocycles. The van der Waals surface area contributed by atoms with E-state index in [1.54, 1.807) is 11.3 Å². The van der Waals surface area contributed by atoms with Gasteiger partial charge in [0, 0.05) is 36.9 Å². The van der Waals surface area contributed by atoms with Crippen molar-refractivity contribution in [1.82, 2.24) is 9.88 Å². The number of anilines is 1. The van der Waals surface area contributed by atoms with Crippen molar-refractivity contribution in [3.63, 3.8) is 0 Å². The Labute approximate surface area is 140 Å². The fourth-order valence-corrected chi connectivity index (χ4v) is 4.07. The van der Waals surface area contributed by atoms with Crippen LogP contribution < -0.4 is 5.32 Å². The number of nitrogens with zero attached hydrogens (tertiary/aromatic N) is 2. The Morgan fingerprint density at radius 3 is 3.00 bits per heavy atom. The first-order valence-corrected chi connectivity index (χ1v) is 9.07. The minimum absolute atomic E-state index is 0.146. The molecule has 4 nitrogen and oxygen atoms in total. The predicted octanol–water partition coefficient (Wildman–Crippen LogP) is 3.36. The van der Waals surface area contributed by atoms with E-state index in [2.05, 4.69) is 46.4 Å². The van der Waals surface area contributed by atoms with Crippen LogP contribution >= 0.6 is 11.3 Å². The molecule has 0 saturated heterocycles. The second-order valence-electron chi connectivity index (χ2n) is 6.54. The second kappa shape index (κ2) is 6.06. The number of carbonyl (C=O) groups is 1. The van der Waals surface area contributed by atoms with Gasteiger partial charge in [-0.15, -0.1) is 11.3 Å². The highest BCUT2D eigenvalue weighted by molar-refractivity contribution is 7.15. The lowest BCUT2D eigenvalue weighted by Crippen LogP contribution is -2.29. The van der Waals surface area contributed by atoms with Crippen LogP contribution in [0, 0.1) is 12.8 Å². The van der Waals surface area contributed by atoms with Crippen LogP contribution in [0.2, 0.25) is 0 Å². The zero-order valence-corrected chi connectivity index (χ0v) is 14.2. The molecule has 120 valence electrons. The van der Waals surface area contributed by atoms with E-state index < -0.39 is 0 Å². The normalized spacial score (nSPS) is 17.8. The molecule has 2 aromatic rings. The molecule has 1 aliphatic carbocycles. The summed E-state index contributed by atoms with van der Waals surface area (Å²) < 4.78 is 0. The van der Waals surface area contributed by atoms with Gasteiger partial charge in [-0.1, -0.05) is 24.3 Å². The molecule has 1 aliphatic heterocycles. The highest BCUT2D eigenvalue weighted by Crippen LogP contribution is 2.33. The van der Waals surface area contributed by atoms with E-state index in [4.69, 9.17) is 0 Å². The molecule has 0 spiro atoms. The molecular weight excluding hydrogens is 306 g/mol. The van der Waals surface area contributed by atoms with Crippen LogP contribution in [0.1, 0.15) is 34.5 Å². The van der Waals surface area contributed by atoms with Crippen molar-refractivity contribution >= 4 is 22.4 Å². The van der Waals surface area contributed by atoms with E-state index in [1.807, 2.05) is 0 Å². The first kappa shape index (κ1) is 14.8. The number of thiazole rings is 1. The van der Waals surface area contributed by atoms with Gasteiger partial charge >= 0.3 is 0 Å². The summed E-state index contributed by atoms with van der Waals surface area (Å²) in [6.45, 7) is 5.11. The summed E-state index contributed by atoms with van der Waals surface area (Å²) in [7, 11) is 0. The maximum absolute atomic E-state index is 11.9. The Morgan fingerprint density at radius 1 is 1.39 bits per heavy atom. The Bertz CT molecular complexity index is 736. The van der Waals surface area contributed by atoms with Crippen molar-refractivity contribution in [1.29, 1.82) is 0 Å². The predicted molar refractivity (Wildman–Crippen MR) is 92.5 cm³/mol. The minimum Gasteiger partial charge on any atom is -0.302 e. The summed E-state index contributed by atoms with van der Waals surface area (Å²) in [6, 6.07) is 8.57. The SMILES string of the molecule is Cc1ccccc1CN1CCc2nc(NC(=O)C3CC3)sc2C1. The quantitative estimate of drug-likeness (QED) is 0.936. The second-order valence-corrected chi connectivity index (χ2v) is 7.62. The van der Waals surface area contributed by atoms with Crippen molar-refractivity contribution in [2.24, 2.45) is 5.92 Å². The molecule has 2 aliphatic rings. The Morgan fingerprint density at radius 2 is 2.22 bits per heavy atom. The molecule has 0 bridgehead atoms. The standard InChI is InChI=1S/C18H21N3OS/c1-12-4-2-3-5-14(12)10-21-9-8-15-16(11-21)23-18(19-15)20-17(22)13-6-7-13/h2-5,13H,6-11H2,1H3,(H,19,20,22). The van der Waals surface area contributed by atoms with Crippen LogP contribution in [-0.2, 0) is 24.3 Å². The number of carbonyl (C=O) groups excluding carboxylic acids is 1. The van der Waals surface area contributed by atoms with E-state index in [0.29, 0.717) is 0 Å². The maximum atomic E-state index is 11.9. The van der Waals surface area contributed by atoms with Crippen molar-refractivity contribution < 1.29 is 4.79 Å². The molecule has 1 fully saturated rings. The fourth-order valence-electron chi connectivity index (χ4n) is 3.02. The lowest BCUT2D eigenvalue weighted by Gasteiger charge is -2.26. The zero-order chi connectivity index (χ0) is 15.8. The molecule has 1 saturated carbocycles. The van der Waals surface area contributed by atoms with Gasteiger partial charge in [-0.2, -0.15) is 0 Å². The van der Waals surface area contributed by atoms with Crippen molar-refractivity contribution in [2.45, 2.75) is 39.3 Å². The van der Waals surface area contributed by atoms with E-state index in [1.165, 1.54) is 21.7 Å². The lowest BCUT2D eigenvalue weighted by molar-refractivity contribution is -0.117. The van der Waals surface area contributed by atoms with Crippen molar-refractivity contribution in [2.75, 3.05) is 11.9 Å². The average molecular weight is 327 g/mol. The number of amides is 1.